The number of amides is 1. The quantitative estimate of drug-likeness (QED) is 0.930. The van der Waals surface area contributed by atoms with Crippen LogP contribution in [0.15, 0.2) is 10.6 Å². The lowest BCUT2D eigenvalue weighted by Crippen LogP contribution is -2.53. The molecule has 1 unspecified atom stereocenters. The Morgan fingerprint density at radius 2 is 2.05 bits per heavy atom. The average molecular weight is 293 g/mol. The molecular weight excluding hydrogens is 266 g/mol. The van der Waals surface area contributed by atoms with Crippen molar-refractivity contribution in [1.29, 1.82) is 0 Å². The monoisotopic (exact) mass is 293 g/mol. The van der Waals surface area contributed by atoms with E-state index < -0.39 is 5.54 Å². The molecular formula is C16H27N3O2. The minimum Gasteiger partial charge on any atom is -0.359 e. The summed E-state index contributed by atoms with van der Waals surface area (Å²) in [4.78, 5) is 14.8. The first-order chi connectivity index (χ1) is 9.62. The van der Waals surface area contributed by atoms with Crippen molar-refractivity contribution >= 4 is 11.7 Å². The minimum absolute atomic E-state index is 0.0370. The van der Waals surface area contributed by atoms with Crippen molar-refractivity contribution in [3.05, 3.63) is 11.8 Å². The fourth-order valence-corrected chi connectivity index (χ4v) is 2.85. The standard InChI is InChI=1S/C16H27N3O2/c1-11-8-7-9-19(11)16(5,6)14(20)17-13-10-12(21-18-13)15(2,3)4/h10-11H,7-9H2,1-6H3,(H,17,18,20). The van der Waals surface area contributed by atoms with E-state index in [9.17, 15) is 4.79 Å². The first-order valence-electron chi connectivity index (χ1n) is 7.68. The van der Waals surface area contributed by atoms with Crippen LogP contribution in [-0.4, -0.2) is 34.1 Å². The van der Waals surface area contributed by atoms with E-state index in [1.54, 1.807) is 6.07 Å². The Kier molecular flexibility index (Phi) is 4.15. The van der Waals surface area contributed by atoms with Gasteiger partial charge in [0, 0.05) is 17.5 Å². The lowest BCUT2D eigenvalue weighted by atomic mass is 9.93. The van der Waals surface area contributed by atoms with Crippen molar-refractivity contribution in [1.82, 2.24) is 10.1 Å². The largest absolute Gasteiger partial charge is 0.359 e. The topological polar surface area (TPSA) is 58.4 Å². The molecule has 0 saturated carbocycles. The molecule has 1 aliphatic rings. The third kappa shape index (κ3) is 3.28. The predicted molar refractivity (Wildman–Crippen MR) is 83.3 cm³/mol. The van der Waals surface area contributed by atoms with Gasteiger partial charge in [0.1, 0.15) is 5.76 Å². The number of hydrogen-bond acceptors (Lipinski definition) is 4. The zero-order valence-electron chi connectivity index (χ0n) is 14.0. The molecule has 1 N–H and O–H groups in total. The summed E-state index contributed by atoms with van der Waals surface area (Å²) in [6, 6.07) is 2.25. The molecule has 1 aliphatic heterocycles. The van der Waals surface area contributed by atoms with E-state index in [-0.39, 0.29) is 11.3 Å². The summed E-state index contributed by atoms with van der Waals surface area (Å²) in [5, 5.41) is 6.84. The van der Waals surface area contributed by atoms with Crippen molar-refractivity contribution in [2.24, 2.45) is 0 Å². The molecule has 21 heavy (non-hydrogen) atoms. The second-order valence-electron chi connectivity index (χ2n) is 7.52. The molecule has 1 saturated heterocycles. The highest BCUT2D eigenvalue weighted by molar-refractivity contribution is 5.96. The maximum atomic E-state index is 12.6. The van der Waals surface area contributed by atoms with Gasteiger partial charge >= 0.3 is 0 Å². The summed E-state index contributed by atoms with van der Waals surface area (Å²) < 4.78 is 5.31. The second-order valence-corrected chi connectivity index (χ2v) is 7.52. The van der Waals surface area contributed by atoms with Crippen LogP contribution in [0.3, 0.4) is 0 Å². The SMILES string of the molecule is CC1CCCN1C(C)(C)C(=O)Nc1cc(C(C)(C)C)on1. The van der Waals surface area contributed by atoms with E-state index in [0.29, 0.717) is 11.9 Å². The van der Waals surface area contributed by atoms with Crippen molar-refractivity contribution < 1.29 is 9.32 Å². The maximum absolute atomic E-state index is 12.6. The molecule has 0 radical (unpaired) electrons. The molecule has 1 fully saturated rings. The normalized spacial score (nSPS) is 20.8. The predicted octanol–water partition coefficient (Wildman–Crippen LogP) is 3.17. The van der Waals surface area contributed by atoms with Gasteiger partial charge < -0.3 is 9.84 Å². The van der Waals surface area contributed by atoms with Crippen molar-refractivity contribution in [2.45, 2.75) is 71.4 Å². The smallest absolute Gasteiger partial charge is 0.245 e. The highest BCUT2D eigenvalue weighted by atomic mass is 16.5. The van der Waals surface area contributed by atoms with Gasteiger partial charge in [0.25, 0.3) is 0 Å². The van der Waals surface area contributed by atoms with Gasteiger partial charge in [-0.2, -0.15) is 0 Å². The fourth-order valence-electron chi connectivity index (χ4n) is 2.85. The highest BCUT2D eigenvalue weighted by Crippen LogP contribution is 2.28. The molecule has 2 rings (SSSR count). The molecule has 5 heteroatoms. The summed E-state index contributed by atoms with van der Waals surface area (Å²) in [7, 11) is 0. The van der Waals surface area contributed by atoms with Gasteiger partial charge in [0.05, 0.1) is 5.54 Å². The van der Waals surface area contributed by atoms with Crippen molar-refractivity contribution in [3.63, 3.8) is 0 Å². The Morgan fingerprint density at radius 1 is 1.38 bits per heavy atom. The van der Waals surface area contributed by atoms with Crippen LogP contribution in [-0.2, 0) is 10.2 Å². The summed E-state index contributed by atoms with van der Waals surface area (Å²) in [5.41, 5.74) is -0.661. The van der Waals surface area contributed by atoms with Crippen LogP contribution in [0.5, 0.6) is 0 Å². The van der Waals surface area contributed by atoms with E-state index in [0.717, 1.165) is 25.1 Å². The number of likely N-dealkylation sites (tertiary alicyclic amines) is 1. The molecule has 118 valence electrons. The van der Waals surface area contributed by atoms with Crippen LogP contribution in [0.25, 0.3) is 0 Å². The Morgan fingerprint density at radius 3 is 2.52 bits per heavy atom. The Hall–Kier alpha value is -1.36. The number of aromatic nitrogens is 1. The van der Waals surface area contributed by atoms with E-state index in [2.05, 4.69) is 43.1 Å². The van der Waals surface area contributed by atoms with Crippen LogP contribution in [0.4, 0.5) is 5.82 Å². The third-order valence-electron chi connectivity index (χ3n) is 4.32. The van der Waals surface area contributed by atoms with Crippen LogP contribution in [0.1, 0.15) is 60.1 Å². The number of anilines is 1. The van der Waals surface area contributed by atoms with Crippen LogP contribution in [0, 0.1) is 0 Å². The summed E-state index contributed by atoms with van der Waals surface area (Å²) in [5.74, 6) is 1.22. The third-order valence-corrected chi connectivity index (χ3v) is 4.32. The Bertz CT molecular complexity index is 514. The van der Waals surface area contributed by atoms with E-state index in [4.69, 9.17) is 4.52 Å². The number of carbonyl (C=O) groups excluding carboxylic acids is 1. The molecule has 0 aromatic carbocycles. The van der Waals surface area contributed by atoms with Gasteiger partial charge in [0.2, 0.25) is 5.91 Å². The minimum atomic E-state index is -0.545. The van der Waals surface area contributed by atoms with Crippen LogP contribution >= 0.6 is 0 Å². The maximum Gasteiger partial charge on any atom is 0.245 e. The average Bonchev–Trinajstić information content (AvgIpc) is 2.97. The van der Waals surface area contributed by atoms with Gasteiger partial charge in [-0.3, -0.25) is 9.69 Å². The second kappa shape index (κ2) is 5.44. The zero-order valence-corrected chi connectivity index (χ0v) is 14.0. The van der Waals surface area contributed by atoms with Gasteiger partial charge in [-0.15, -0.1) is 0 Å². The number of rotatable bonds is 3. The molecule has 1 atom stereocenters. The van der Waals surface area contributed by atoms with E-state index in [1.165, 1.54) is 0 Å². The fraction of sp³-hybridized carbons (Fsp3) is 0.750. The number of nitrogens with zero attached hydrogens (tertiary/aromatic N) is 2. The summed E-state index contributed by atoms with van der Waals surface area (Å²) in [6.07, 6.45) is 2.30. The summed E-state index contributed by atoms with van der Waals surface area (Å²) in [6.45, 7) is 13.2. The van der Waals surface area contributed by atoms with Gasteiger partial charge in [-0.1, -0.05) is 25.9 Å². The molecule has 2 heterocycles. The molecule has 0 bridgehead atoms. The van der Waals surface area contributed by atoms with Gasteiger partial charge in [-0.25, -0.2) is 0 Å². The van der Waals surface area contributed by atoms with Crippen molar-refractivity contribution in [3.8, 4) is 0 Å². The Balaban J connectivity index is 2.08. The van der Waals surface area contributed by atoms with Crippen molar-refractivity contribution in [2.75, 3.05) is 11.9 Å². The number of carbonyl (C=O) groups is 1. The first kappa shape index (κ1) is 16.0. The number of hydrogen-bond donors (Lipinski definition) is 1. The lowest BCUT2D eigenvalue weighted by Gasteiger charge is -2.36. The Labute approximate surface area is 127 Å². The lowest BCUT2D eigenvalue weighted by molar-refractivity contribution is -0.126. The molecule has 1 amide bonds. The molecule has 5 nitrogen and oxygen atoms in total. The van der Waals surface area contributed by atoms with Gasteiger partial charge in [0.15, 0.2) is 5.82 Å². The van der Waals surface area contributed by atoms with E-state index >= 15 is 0 Å². The molecule has 1 aromatic rings. The van der Waals surface area contributed by atoms with E-state index in [1.807, 2.05) is 13.8 Å². The zero-order chi connectivity index (χ0) is 15.8. The molecule has 0 spiro atoms. The van der Waals surface area contributed by atoms with Crippen LogP contribution in [0.2, 0.25) is 0 Å². The van der Waals surface area contributed by atoms with Crippen LogP contribution < -0.4 is 5.32 Å². The number of nitrogens with one attached hydrogen (secondary N) is 1. The highest BCUT2D eigenvalue weighted by Gasteiger charge is 2.39. The summed E-state index contributed by atoms with van der Waals surface area (Å²) >= 11 is 0. The molecule has 1 aromatic heterocycles. The van der Waals surface area contributed by atoms with Gasteiger partial charge in [-0.05, 0) is 40.2 Å². The first-order valence-corrected chi connectivity index (χ1v) is 7.68. The molecule has 0 aliphatic carbocycles.